The lowest BCUT2D eigenvalue weighted by Crippen LogP contribution is -2.13. The highest BCUT2D eigenvalue weighted by Crippen LogP contribution is 2.35. The van der Waals surface area contributed by atoms with E-state index in [0.29, 0.717) is 41.7 Å². The van der Waals surface area contributed by atoms with E-state index in [1.165, 1.54) is 19.8 Å². The van der Waals surface area contributed by atoms with Gasteiger partial charge in [0, 0.05) is 18.6 Å². The first kappa shape index (κ1) is 20.9. The minimum absolute atomic E-state index is 0.125. The van der Waals surface area contributed by atoms with Crippen LogP contribution in [-0.2, 0) is 11.2 Å². The Hall–Kier alpha value is -2.40. The summed E-state index contributed by atoms with van der Waals surface area (Å²) in [7, 11) is 3.04. The van der Waals surface area contributed by atoms with Gasteiger partial charge in [0.15, 0.2) is 0 Å². The Labute approximate surface area is 165 Å². The average Bonchev–Trinajstić information content (AvgIpc) is 2.67. The number of hydrogen-bond acceptors (Lipinski definition) is 4. The van der Waals surface area contributed by atoms with E-state index < -0.39 is 0 Å². The molecule has 27 heavy (non-hydrogen) atoms. The second-order valence-corrected chi connectivity index (χ2v) is 6.49. The summed E-state index contributed by atoms with van der Waals surface area (Å²) in [4.78, 5) is 12.2. The molecule has 2 rings (SSSR count). The van der Waals surface area contributed by atoms with Gasteiger partial charge in [-0.15, -0.1) is 0 Å². The zero-order chi connectivity index (χ0) is 19.6. The predicted octanol–water partition coefficient (Wildman–Crippen LogP) is 5.11. The van der Waals surface area contributed by atoms with Gasteiger partial charge in [-0.05, 0) is 30.5 Å². The lowest BCUT2D eigenvalue weighted by atomic mass is 10.1. The van der Waals surface area contributed by atoms with Crippen molar-refractivity contribution in [2.75, 3.05) is 26.1 Å². The lowest BCUT2D eigenvalue weighted by Gasteiger charge is -2.13. The fourth-order valence-corrected chi connectivity index (χ4v) is 2.87. The molecule has 0 aliphatic rings. The van der Waals surface area contributed by atoms with Gasteiger partial charge >= 0.3 is 0 Å². The van der Waals surface area contributed by atoms with E-state index in [-0.39, 0.29) is 5.91 Å². The molecule has 0 spiro atoms. The summed E-state index contributed by atoms with van der Waals surface area (Å²) in [6.45, 7) is 2.63. The zero-order valence-corrected chi connectivity index (χ0v) is 16.8. The van der Waals surface area contributed by atoms with Crippen molar-refractivity contribution in [1.29, 1.82) is 0 Å². The molecule has 0 radical (unpaired) electrons. The number of amides is 1. The third kappa shape index (κ3) is 6.36. The monoisotopic (exact) mass is 391 g/mol. The number of rotatable bonds is 10. The number of carbonyl (C=O) groups excluding carboxylic acids is 1. The summed E-state index contributed by atoms with van der Waals surface area (Å²) < 4.78 is 16.1. The molecule has 0 aromatic heterocycles. The molecule has 1 N–H and O–H groups in total. The van der Waals surface area contributed by atoms with Gasteiger partial charge < -0.3 is 19.5 Å². The Morgan fingerprint density at radius 2 is 1.78 bits per heavy atom. The third-order valence-electron chi connectivity index (χ3n) is 4.03. The largest absolute Gasteiger partial charge is 0.495 e. The summed E-state index contributed by atoms with van der Waals surface area (Å²) >= 11 is 6.07. The van der Waals surface area contributed by atoms with Crippen LogP contribution in [0.5, 0.6) is 17.2 Å². The van der Waals surface area contributed by atoms with E-state index >= 15 is 0 Å². The standard InChI is InChI=1S/C21H26ClNO4/c1-4-6-15-8-10-16(11-9-15)27-12-5-7-21(24)23-18-14-19(25-2)17(22)13-20(18)26-3/h8-11,13-14H,4-7,12H2,1-3H3,(H,23,24). The summed E-state index contributed by atoms with van der Waals surface area (Å²) in [6, 6.07) is 11.3. The number of carbonyl (C=O) groups is 1. The van der Waals surface area contributed by atoms with Crippen LogP contribution in [0.4, 0.5) is 5.69 Å². The Morgan fingerprint density at radius 1 is 1.07 bits per heavy atom. The molecule has 0 aliphatic carbocycles. The van der Waals surface area contributed by atoms with Crippen molar-refractivity contribution < 1.29 is 19.0 Å². The van der Waals surface area contributed by atoms with Crippen LogP contribution >= 0.6 is 11.6 Å². The van der Waals surface area contributed by atoms with E-state index in [1.54, 1.807) is 12.1 Å². The molecular formula is C21H26ClNO4. The molecule has 0 atom stereocenters. The highest BCUT2D eigenvalue weighted by molar-refractivity contribution is 6.32. The summed E-state index contributed by atoms with van der Waals surface area (Å²) in [5.74, 6) is 1.65. The Balaban J connectivity index is 1.81. The number of benzene rings is 2. The van der Waals surface area contributed by atoms with Gasteiger partial charge in [-0.1, -0.05) is 37.1 Å². The van der Waals surface area contributed by atoms with Crippen molar-refractivity contribution in [1.82, 2.24) is 0 Å². The van der Waals surface area contributed by atoms with Gasteiger partial charge in [0.25, 0.3) is 0 Å². The minimum Gasteiger partial charge on any atom is -0.495 e. The fourth-order valence-electron chi connectivity index (χ4n) is 2.63. The first-order valence-electron chi connectivity index (χ1n) is 9.00. The quantitative estimate of drug-likeness (QED) is 0.572. The molecule has 0 aliphatic heterocycles. The maximum atomic E-state index is 12.2. The number of aryl methyl sites for hydroxylation is 1. The molecule has 1 amide bonds. The van der Waals surface area contributed by atoms with Crippen LogP contribution in [0.3, 0.4) is 0 Å². The van der Waals surface area contributed by atoms with E-state index in [2.05, 4.69) is 24.4 Å². The first-order chi connectivity index (χ1) is 13.1. The molecule has 0 heterocycles. The molecule has 2 aromatic carbocycles. The highest BCUT2D eigenvalue weighted by atomic mass is 35.5. The van der Waals surface area contributed by atoms with Crippen LogP contribution in [0, 0.1) is 0 Å². The number of anilines is 1. The molecule has 0 unspecified atom stereocenters. The predicted molar refractivity (Wildman–Crippen MR) is 108 cm³/mol. The fraction of sp³-hybridized carbons (Fsp3) is 0.381. The maximum absolute atomic E-state index is 12.2. The summed E-state index contributed by atoms with van der Waals surface area (Å²) in [5, 5.41) is 3.25. The van der Waals surface area contributed by atoms with Crippen LogP contribution in [0.1, 0.15) is 31.7 Å². The number of hydrogen-bond donors (Lipinski definition) is 1. The molecule has 2 aromatic rings. The van der Waals surface area contributed by atoms with Crippen LogP contribution in [0.15, 0.2) is 36.4 Å². The normalized spacial score (nSPS) is 10.4. The Morgan fingerprint density at radius 3 is 2.41 bits per heavy atom. The van der Waals surface area contributed by atoms with Crippen molar-refractivity contribution in [3.05, 3.63) is 47.0 Å². The number of nitrogens with one attached hydrogen (secondary N) is 1. The third-order valence-corrected chi connectivity index (χ3v) is 4.32. The molecule has 0 bridgehead atoms. The van der Waals surface area contributed by atoms with Crippen LogP contribution in [0.2, 0.25) is 5.02 Å². The van der Waals surface area contributed by atoms with Crippen LogP contribution in [0.25, 0.3) is 0 Å². The highest BCUT2D eigenvalue weighted by Gasteiger charge is 2.12. The van der Waals surface area contributed by atoms with Crippen molar-refractivity contribution in [3.63, 3.8) is 0 Å². The summed E-state index contributed by atoms with van der Waals surface area (Å²) in [5.41, 5.74) is 1.83. The molecule has 0 saturated heterocycles. The van der Waals surface area contributed by atoms with Gasteiger partial charge in [-0.3, -0.25) is 4.79 Å². The number of halogens is 1. The lowest BCUT2D eigenvalue weighted by molar-refractivity contribution is -0.116. The number of ether oxygens (including phenoxy) is 3. The number of methoxy groups -OCH3 is 2. The van der Waals surface area contributed by atoms with E-state index in [1.807, 2.05) is 12.1 Å². The molecule has 5 nitrogen and oxygen atoms in total. The maximum Gasteiger partial charge on any atom is 0.224 e. The second kappa shape index (κ2) is 10.7. The van der Waals surface area contributed by atoms with Crippen molar-refractivity contribution in [2.45, 2.75) is 32.6 Å². The van der Waals surface area contributed by atoms with Crippen molar-refractivity contribution in [2.24, 2.45) is 0 Å². The van der Waals surface area contributed by atoms with Gasteiger partial charge in [-0.25, -0.2) is 0 Å². The first-order valence-corrected chi connectivity index (χ1v) is 9.38. The van der Waals surface area contributed by atoms with Crippen LogP contribution in [-0.4, -0.2) is 26.7 Å². The van der Waals surface area contributed by atoms with Gasteiger partial charge in [0.2, 0.25) is 5.91 Å². The van der Waals surface area contributed by atoms with E-state index in [0.717, 1.165) is 18.6 Å². The summed E-state index contributed by atoms with van der Waals surface area (Å²) in [6.07, 6.45) is 3.14. The van der Waals surface area contributed by atoms with Gasteiger partial charge in [-0.2, -0.15) is 0 Å². The van der Waals surface area contributed by atoms with Crippen LogP contribution < -0.4 is 19.5 Å². The van der Waals surface area contributed by atoms with Gasteiger partial charge in [0.05, 0.1) is 31.5 Å². The van der Waals surface area contributed by atoms with E-state index in [4.69, 9.17) is 25.8 Å². The SMILES string of the molecule is CCCc1ccc(OCCCC(=O)Nc2cc(OC)c(Cl)cc2OC)cc1. The smallest absolute Gasteiger partial charge is 0.224 e. The van der Waals surface area contributed by atoms with Gasteiger partial charge in [0.1, 0.15) is 17.2 Å². The molecule has 146 valence electrons. The average molecular weight is 392 g/mol. The Bertz CT molecular complexity index is 747. The van der Waals surface area contributed by atoms with Crippen molar-refractivity contribution in [3.8, 4) is 17.2 Å². The zero-order valence-electron chi connectivity index (χ0n) is 16.0. The Kier molecular flexibility index (Phi) is 8.27. The minimum atomic E-state index is -0.125. The second-order valence-electron chi connectivity index (χ2n) is 6.08. The van der Waals surface area contributed by atoms with E-state index in [9.17, 15) is 4.79 Å². The van der Waals surface area contributed by atoms with Crippen molar-refractivity contribution >= 4 is 23.2 Å². The molecule has 0 saturated carbocycles. The molecule has 6 heteroatoms. The topological polar surface area (TPSA) is 56.8 Å². The molecular weight excluding hydrogens is 366 g/mol. The molecule has 0 fully saturated rings.